The maximum absolute atomic E-state index is 11.1. The SMILES string of the molecule is C=C(C)C(=O)OC.C=C(CC=C(C)C(=O)O)C(=O)OCCO.CC(=CC=Cc1ccccc1)c1ccccc1. The highest BCUT2D eigenvalue weighted by Gasteiger charge is 2.07. The first-order chi connectivity index (χ1) is 18.5. The predicted octanol–water partition coefficient (Wildman–Crippen LogP) is 6.04. The number of aliphatic hydroxyl groups excluding tert-OH is 1. The molecule has 7 nitrogen and oxygen atoms in total. The molecule has 0 spiro atoms. The van der Waals surface area contributed by atoms with Gasteiger partial charge in [-0.2, -0.15) is 0 Å². The molecule has 0 aliphatic heterocycles. The highest BCUT2D eigenvalue weighted by Crippen LogP contribution is 2.13. The van der Waals surface area contributed by atoms with Gasteiger partial charge in [0.05, 0.1) is 13.7 Å². The molecule has 2 aromatic rings. The van der Waals surface area contributed by atoms with Crippen molar-refractivity contribution < 1.29 is 34.1 Å². The molecule has 0 atom stereocenters. The van der Waals surface area contributed by atoms with Gasteiger partial charge in [-0.1, -0.05) is 98.1 Å². The number of carbonyl (C=O) groups is 3. The van der Waals surface area contributed by atoms with Gasteiger partial charge >= 0.3 is 17.9 Å². The van der Waals surface area contributed by atoms with Crippen LogP contribution in [0.3, 0.4) is 0 Å². The number of methoxy groups -OCH3 is 1. The van der Waals surface area contributed by atoms with Gasteiger partial charge in [-0.15, -0.1) is 0 Å². The van der Waals surface area contributed by atoms with Gasteiger partial charge in [0, 0.05) is 16.7 Å². The molecule has 2 rings (SSSR count). The summed E-state index contributed by atoms with van der Waals surface area (Å²) >= 11 is 0. The number of hydrogen-bond acceptors (Lipinski definition) is 6. The Labute approximate surface area is 231 Å². The summed E-state index contributed by atoms with van der Waals surface area (Å²) in [6.07, 6.45) is 7.86. The number of carboxylic acid groups (broad SMARTS) is 1. The third-order valence-electron chi connectivity index (χ3n) is 4.80. The number of allylic oxidation sites excluding steroid dienone is 4. The smallest absolute Gasteiger partial charge is 0.333 e. The zero-order valence-corrected chi connectivity index (χ0v) is 23.1. The Bertz CT molecular complexity index is 1160. The van der Waals surface area contributed by atoms with Gasteiger partial charge in [-0.25, -0.2) is 14.4 Å². The third kappa shape index (κ3) is 16.8. The van der Waals surface area contributed by atoms with Crippen LogP contribution in [0.4, 0.5) is 0 Å². The monoisotopic (exact) mass is 534 g/mol. The number of rotatable bonds is 10. The molecule has 0 fully saturated rings. The first-order valence-corrected chi connectivity index (χ1v) is 12.1. The maximum atomic E-state index is 11.1. The van der Waals surface area contributed by atoms with E-state index in [-0.39, 0.29) is 36.8 Å². The van der Waals surface area contributed by atoms with E-state index in [4.69, 9.17) is 10.2 Å². The van der Waals surface area contributed by atoms with Crippen molar-refractivity contribution in [2.45, 2.75) is 27.2 Å². The number of ether oxygens (including phenoxy) is 2. The van der Waals surface area contributed by atoms with Crippen molar-refractivity contribution in [3.05, 3.63) is 120 Å². The van der Waals surface area contributed by atoms with Crippen molar-refractivity contribution in [2.75, 3.05) is 20.3 Å². The Morgan fingerprint density at radius 3 is 1.92 bits per heavy atom. The summed E-state index contributed by atoms with van der Waals surface area (Å²) in [5.41, 5.74) is 4.50. The van der Waals surface area contributed by atoms with Crippen molar-refractivity contribution in [2.24, 2.45) is 0 Å². The Kier molecular flexibility index (Phi) is 18.2. The summed E-state index contributed by atoms with van der Waals surface area (Å²) in [5.74, 6) is -2.01. The van der Waals surface area contributed by atoms with Crippen molar-refractivity contribution in [1.29, 1.82) is 0 Å². The molecule has 39 heavy (non-hydrogen) atoms. The molecule has 0 saturated heterocycles. The Hall–Kier alpha value is -4.49. The second kappa shape index (κ2) is 20.6. The Balaban J connectivity index is 0.000000604. The lowest BCUT2D eigenvalue weighted by molar-refractivity contribution is -0.140. The average Bonchev–Trinajstić information content (AvgIpc) is 2.95. The number of benzene rings is 2. The first-order valence-electron chi connectivity index (χ1n) is 12.1. The van der Waals surface area contributed by atoms with E-state index in [1.807, 2.05) is 24.3 Å². The highest BCUT2D eigenvalue weighted by molar-refractivity contribution is 5.89. The highest BCUT2D eigenvalue weighted by atomic mass is 16.5. The second-order valence-corrected chi connectivity index (χ2v) is 8.12. The fourth-order valence-electron chi connectivity index (χ4n) is 2.53. The predicted molar refractivity (Wildman–Crippen MR) is 156 cm³/mol. The summed E-state index contributed by atoms with van der Waals surface area (Å²) in [6, 6.07) is 20.7. The quantitative estimate of drug-likeness (QED) is 0.217. The molecule has 2 N–H and O–H groups in total. The van der Waals surface area contributed by atoms with Gasteiger partial charge in [0.2, 0.25) is 0 Å². The summed E-state index contributed by atoms with van der Waals surface area (Å²) in [7, 11) is 1.33. The van der Waals surface area contributed by atoms with Crippen molar-refractivity contribution >= 4 is 29.6 Å². The zero-order valence-electron chi connectivity index (χ0n) is 23.1. The minimum atomic E-state index is -1.04. The molecule has 2 aromatic carbocycles. The maximum Gasteiger partial charge on any atom is 0.333 e. The number of esters is 2. The third-order valence-corrected chi connectivity index (χ3v) is 4.80. The first kappa shape index (κ1) is 34.5. The van der Waals surface area contributed by atoms with E-state index in [1.165, 1.54) is 36.8 Å². The standard InChI is InChI=1S/C17H16.C10H14O5.C5H8O2/c1-15(17-13-6-3-7-14-17)9-8-12-16-10-4-2-5-11-16;1-7(9(12)13)3-4-8(2)10(14)15-6-5-11;1-4(2)5(6)7-3/h2-14H,1H3;3,11H,2,4-6H2,1H3,(H,12,13);1H2,2-3H3. The molecule has 0 aliphatic rings. The zero-order chi connectivity index (χ0) is 29.6. The normalized spacial score (nSPS) is 10.8. The minimum absolute atomic E-state index is 0.0838. The van der Waals surface area contributed by atoms with E-state index in [1.54, 1.807) is 6.92 Å². The summed E-state index contributed by atoms with van der Waals surface area (Å²) in [4.78, 5) is 31.7. The molecular weight excluding hydrogens is 496 g/mol. The van der Waals surface area contributed by atoms with E-state index in [9.17, 15) is 14.4 Å². The molecule has 0 bridgehead atoms. The van der Waals surface area contributed by atoms with Crippen LogP contribution >= 0.6 is 0 Å². The Morgan fingerprint density at radius 1 is 0.897 bits per heavy atom. The van der Waals surface area contributed by atoms with Gasteiger partial charge in [0.15, 0.2) is 0 Å². The minimum Gasteiger partial charge on any atom is -0.478 e. The van der Waals surface area contributed by atoms with Crippen molar-refractivity contribution in [3.63, 3.8) is 0 Å². The number of aliphatic carboxylic acids is 1. The van der Waals surface area contributed by atoms with Crippen LogP contribution in [-0.4, -0.2) is 48.4 Å². The van der Waals surface area contributed by atoms with Gasteiger partial charge in [-0.05, 0) is 43.9 Å². The van der Waals surface area contributed by atoms with Gasteiger partial charge in [-0.3, -0.25) is 0 Å². The molecule has 0 heterocycles. The van der Waals surface area contributed by atoms with Crippen LogP contribution in [0, 0.1) is 0 Å². The van der Waals surface area contributed by atoms with Crippen LogP contribution in [0.25, 0.3) is 11.6 Å². The van der Waals surface area contributed by atoms with Crippen LogP contribution < -0.4 is 0 Å². The molecule has 0 amide bonds. The number of aliphatic hydroxyl groups is 1. The van der Waals surface area contributed by atoms with E-state index < -0.39 is 11.9 Å². The van der Waals surface area contributed by atoms with Crippen LogP contribution in [0.2, 0.25) is 0 Å². The van der Waals surface area contributed by atoms with E-state index in [0.29, 0.717) is 5.57 Å². The van der Waals surface area contributed by atoms with Crippen LogP contribution in [-0.2, 0) is 23.9 Å². The number of carboxylic acids is 1. The lowest BCUT2D eigenvalue weighted by Crippen LogP contribution is -2.10. The van der Waals surface area contributed by atoms with E-state index in [2.05, 4.69) is 84.2 Å². The van der Waals surface area contributed by atoms with Crippen molar-refractivity contribution in [3.8, 4) is 0 Å². The summed E-state index contributed by atoms with van der Waals surface area (Å²) in [6.45, 7) is 11.6. The largest absolute Gasteiger partial charge is 0.478 e. The van der Waals surface area contributed by atoms with E-state index >= 15 is 0 Å². The number of hydrogen-bond donors (Lipinski definition) is 2. The van der Waals surface area contributed by atoms with Gasteiger partial charge < -0.3 is 19.7 Å². The van der Waals surface area contributed by atoms with Gasteiger partial charge in [0.25, 0.3) is 0 Å². The molecule has 0 aromatic heterocycles. The summed E-state index contributed by atoms with van der Waals surface area (Å²) in [5, 5.41) is 16.9. The lowest BCUT2D eigenvalue weighted by atomic mass is 10.1. The second-order valence-electron chi connectivity index (χ2n) is 8.12. The topological polar surface area (TPSA) is 110 Å². The molecule has 7 heteroatoms. The Morgan fingerprint density at radius 2 is 1.46 bits per heavy atom. The van der Waals surface area contributed by atoms with Crippen LogP contribution in [0.5, 0.6) is 0 Å². The molecule has 0 saturated carbocycles. The van der Waals surface area contributed by atoms with Crippen LogP contribution in [0.1, 0.15) is 38.3 Å². The molecule has 208 valence electrons. The average molecular weight is 535 g/mol. The molecule has 0 radical (unpaired) electrons. The fraction of sp³-hybridized carbons (Fsp3) is 0.219. The van der Waals surface area contributed by atoms with E-state index in [0.717, 1.165) is 0 Å². The molecule has 0 unspecified atom stereocenters. The molecule has 0 aliphatic carbocycles. The van der Waals surface area contributed by atoms with Crippen LogP contribution in [0.15, 0.2) is 109 Å². The fourth-order valence-corrected chi connectivity index (χ4v) is 2.53. The number of carbonyl (C=O) groups excluding carboxylic acids is 2. The summed E-state index contributed by atoms with van der Waals surface area (Å²) < 4.78 is 8.85. The molecular formula is C32H38O7. The lowest BCUT2D eigenvalue weighted by Gasteiger charge is -2.03. The van der Waals surface area contributed by atoms with Gasteiger partial charge in [0.1, 0.15) is 6.61 Å². The van der Waals surface area contributed by atoms with Crippen molar-refractivity contribution in [1.82, 2.24) is 0 Å².